The Kier molecular flexibility index (Phi) is 9.76. The van der Waals surface area contributed by atoms with Crippen molar-refractivity contribution in [2.75, 3.05) is 18.1 Å². The first-order valence-corrected chi connectivity index (χ1v) is 15.7. The topological polar surface area (TPSA) is 181 Å². The lowest BCUT2D eigenvalue weighted by Crippen LogP contribution is -2.70. The average Bonchev–Trinajstić information content (AvgIpc) is 3.48. The van der Waals surface area contributed by atoms with Crippen molar-refractivity contribution in [1.29, 1.82) is 0 Å². The molecule has 0 radical (unpaired) electrons. The summed E-state index contributed by atoms with van der Waals surface area (Å²) >= 11 is 2.74. The lowest BCUT2D eigenvalue weighted by molar-refractivity contribution is -0.150. The maximum atomic E-state index is 13.1. The highest BCUT2D eigenvalue weighted by Gasteiger charge is 2.54. The van der Waals surface area contributed by atoms with E-state index in [0.717, 1.165) is 24.0 Å². The molecule has 5 rings (SSSR count). The lowest BCUT2D eigenvalue weighted by Gasteiger charge is -2.49. The van der Waals surface area contributed by atoms with Crippen LogP contribution in [0, 0.1) is 0 Å². The van der Waals surface area contributed by atoms with Gasteiger partial charge in [0.2, 0.25) is 5.91 Å². The largest absolute Gasteiger partial charge is 0.477 e. The number of rotatable bonds is 13. The molecule has 226 valence electrons. The molecule has 3 aromatic rings. The number of thioether (sulfide) groups is 2. The van der Waals surface area contributed by atoms with Crippen LogP contribution in [0.1, 0.15) is 37.3 Å². The van der Waals surface area contributed by atoms with Gasteiger partial charge in [-0.05, 0) is 52.1 Å². The van der Waals surface area contributed by atoms with Crippen LogP contribution in [0.2, 0.25) is 0 Å². The Morgan fingerprint density at radius 1 is 1.19 bits per heavy atom. The molecule has 0 spiro atoms. The maximum absolute atomic E-state index is 13.1. The number of aliphatic carboxylic acids is 1. The molecule has 1 aromatic carbocycles. The SMILES string of the molecule is CCCCOC(=O)NCc1ccccc1CCC(=O)NC1C(=O)N2C(C(=O)O)=C(CSc3ccc4nnnn4n3)CS[C@H]12. The fourth-order valence-corrected chi connectivity index (χ4v) is 7.00. The van der Waals surface area contributed by atoms with Crippen molar-refractivity contribution in [3.63, 3.8) is 0 Å². The molecule has 43 heavy (non-hydrogen) atoms. The van der Waals surface area contributed by atoms with Crippen molar-refractivity contribution in [2.24, 2.45) is 0 Å². The fraction of sp³-hybridized carbons (Fsp3) is 0.407. The third-order valence-corrected chi connectivity index (χ3v) is 9.25. The van der Waals surface area contributed by atoms with E-state index >= 15 is 0 Å². The van der Waals surface area contributed by atoms with Gasteiger partial charge in [-0.2, -0.15) is 0 Å². The third-order valence-electron chi connectivity index (χ3n) is 6.90. The highest BCUT2D eigenvalue weighted by molar-refractivity contribution is 8.01. The van der Waals surface area contributed by atoms with Crippen molar-refractivity contribution < 1.29 is 29.0 Å². The molecular weight excluding hydrogens is 596 g/mol. The van der Waals surface area contributed by atoms with E-state index < -0.39 is 29.4 Å². The van der Waals surface area contributed by atoms with Gasteiger partial charge in [0, 0.05) is 24.5 Å². The molecule has 2 aliphatic rings. The summed E-state index contributed by atoms with van der Waals surface area (Å²) in [6.45, 7) is 2.65. The summed E-state index contributed by atoms with van der Waals surface area (Å²) in [4.78, 5) is 51.3. The Bertz CT molecular complexity index is 1560. The molecule has 4 heterocycles. The number of nitrogens with zero attached hydrogens (tertiary/aromatic N) is 6. The number of aryl methyl sites for hydroxylation is 1. The van der Waals surface area contributed by atoms with Crippen LogP contribution < -0.4 is 10.6 Å². The number of fused-ring (bicyclic) bond motifs is 2. The minimum absolute atomic E-state index is 0.0510. The van der Waals surface area contributed by atoms with Crippen molar-refractivity contribution >= 4 is 53.0 Å². The highest BCUT2D eigenvalue weighted by atomic mass is 32.2. The number of amides is 3. The first-order chi connectivity index (χ1) is 20.9. The molecule has 0 saturated carbocycles. The standard InChI is InChI=1S/C27H30N8O6S2/c1-2-3-12-41-27(40)28-13-17-7-5-4-6-16(17)8-10-20(36)29-22-24(37)34-23(26(38)39)18(15-43-25(22)34)14-42-21-11-9-19-30-32-33-35(19)31-21/h4-7,9,11,22,25H,2-3,8,10,12-15H2,1H3,(H,28,40)(H,29,36)(H,38,39)/t22?,25-/m1/s1. The number of carbonyl (C=O) groups is 4. The monoisotopic (exact) mass is 626 g/mol. The zero-order valence-electron chi connectivity index (χ0n) is 23.3. The normalized spacial score (nSPS) is 17.8. The number of β-lactam (4-membered cyclic amide) rings is 1. The Hall–Kier alpha value is -4.18. The molecular formula is C27H30N8O6S2. The van der Waals surface area contributed by atoms with E-state index in [-0.39, 0.29) is 24.6 Å². The van der Waals surface area contributed by atoms with Crippen molar-refractivity contribution in [2.45, 2.75) is 55.6 Å². The quantitative estimate of drug-likeness (QED) is 0.143. The summed E-state index contributed by atoms with van der Waals surface area (Å²) < 4.78 is 6.41. The van der Waals surface area contributed by atoms with Gasteiger partial charge in [-0.1, -0.05) is 37.6 Å². The maximum Gasteiger partial charge on any atom is 0.407 e. The number of carbonyl (C=O) groups excluding carboxylic acids is 3. The van der Waals surface area contributed by atoms with Gasteiger partial charge >= 0.3 is 12.1 Å². The second-order valence-electron chi connectivity index (χ2n) is 9.81. The molecule has 0 bridgehead atoms. The molecule has 2 aliphatic heterocycles. The smallest absolute Gasteiger partial charge is 0.407 e. The number of benzene rings is 1. The van der Waals surface area contributed by atoms with Crippen LogP contribution in [-0.4, -0.2) is 88.7 Å². The third kappa shape index (κ3) is 7.07. The van der Waals surface area contributed by atoms with E-state index in [9.17, 15) is 24.3 Å². The second kappa shape index (κ2) is 13.9. The minimum atomic E-state index is -1.19. The fourth-order valence-electron chi connectivity index (χ4n) is 4.66. The van der Waals surface area contributed by atoms with Crippen molar-refractivity contribution in [1.82, 2.24) is 40.8 Å². The van der Waals surface area contributed by atoms with Gasteiger partial charge in [-0.3, -0.25) is 14.5 Å². The zero-order valence-corrected chi connectivity index (χ0v) is 24.9. The molecule has 2 atom stereocenters. The van der Waals surface area contributed by atoms with Crippen LogP contribution in [0.4, 0.5) is 4.79 Å². The van der Waals surface area contributed by atoms with Crippen LogP contribution >= 0.6 is 23.5 Å². The Morgan fingerprint density at radius 3 is 2.79 bits per heavy atom. The summed E-state index contributed by atoms with van der Waals surface area (Å²) in [7, 11) is 0. The van der Waals surface area contributed by atoms with Gasteiger partial charge in [-0.15, -0.1) is 38.4 Å². The van der Waals surface area contributed by atoms with Crippen LogP contribution in [0.15, 0.2) is 52.7 Å². The molecule has 2 aromatic heterocycles. The predicted octanol–water partition coefficient (Wildman–Crippen LogP) is 2.01. The number of ether oxygens (including phenoxy) is 1. The second-order valence-corrected chi connectivity index (χ2v) is 11.9. The molecule has 3 amide bonds. The van der Waals surface area contributed by atoms with Gasteiger partial charge in [0.1, 0.15) is 22.1 Å². The van der Waals surface area contributed by atoms with E-state index in [0.29, 0.717) is 40.8 Å². The molecule has 3 N–H and O–H groups in total. The number of tetrazole rings is 1. The molecule has 0 aliphatic carbocycles. The minimum Gasteiger partial charge on any atom is -0.477 e. The van der Waals surface area contributed by atoms with Gasteiger partial charge in [-0.25, -0.2) is 9.59 Å². The summed E-state index contributed by atoms with van der Waals surface area (Å²) in [5.74, 6) is -1.25. The summed E-state index contributed by atoms with van der Waals surface area (Å²) in [6.07, 6.45) is 1.77. The Balaban J connectivity index is 1.14. The summed E-state index contributed by atoms with van der Waals surface area (Å²) in [6, 6.07) is 10.1. The summed E-state index contributed by atoms with van der Waals surface area (Å²) in [5.41, 5.74) is 2.80. The van der Waals surface area contributed by atoms with Gasteiger partial charge < -0.3 is 20.5 Å². The number of aromatic nitrogens is 5. The van der Waals surface area contributed by atoms with Crippen LogP contribution in [0.25, 0.3) is 5.65 Å². The lowest BCUT2D eigenvalue weighted by atomic mass is 10.0. The molecule has 1 saturated heterocycles. The predicted molar refractivity (Wildman–Crippen MR) is 157 cm³/mol. The number of hydrogen-bond donors (Lipinski definition) is 3. The van der Waals surface area contributed by atoms with E-state index in [1.807, 2.05) is 31.2 Å². The number of carboxylic acids is 1. The van der Waals surface area contributed by atoms with Gasteiger partial charge in [0.15, 0.2) is 5.65 Å². The van der Waals surface area contributed by atoms with E-state index in [4.69, 9.17) is 4.74 Å². The first kappa shape index (κ1) is 30.3. The zero-order chi connectivity index (χ0) is 30.3. The number of carboxylic acid groups (broad SMARTS) is 1. The van der Waals surface area contributed by atoms with E-state index in [1.165, 1.54) is 33.1 Å². The first-order valence-electron chi connectivity index (χ1n) is 13.7. The van der Waals surface area contributed by atoms with E-state index in [2.05, 4.69) is 31.3 Å². The number of unbranched alkanes of at least 4 members (excludes halogenated alkanes) is 1. The van der Waals surface area contributed by atoms with E-state index in [1.54, 1.807) is 12.1 Å². The Labute approximate surface area is 255 Å². The number of hydrogen-bond acceptors (Lipinski definition) is 11. The molecule has 14 nitrogen and oxygen atoms in total. The van der Waals surface area contributed by atoms with Gasteiger partial charge in [0.05, 0.1) is 6.61 Å². The van der Waals surface area contributed by atoms with Crippen molar-refractivity contribution in [3.05, 3.63) is 58.8 Å². The van der Waals surface area contributed by atoms with Crippen molar-refractivity contribution in [3.8, 4) is 0 Å². The number of alkyl carbamates (subject to hydrolysis) is 1. The Morgan fingerprint density at radius 2 is 2.00 bits per heavy atom. The molecule has 1 unspecified atom stereocenters. The molecule has 16 heteroatoms. The molecule has 1 fully saturated rings. The summed E-state index contributed by atoms with van der Waals surface area (Å²) in [5, 5.41) is 31.0. The van der Waals surface area contributed by atoms with Crippen LogP contribution in [0.5, 0.6) is 0 Å². The van der Waals surface area contributed by atoms with Gasteiger partial charge in [0.25, 0.3) is 5.91 Å². The number of nitrogens with one attached hydrogen (secondary N) is 2. The van der Waals surface area contributed by atoms with Crippen LogP contribution in [-0.2, 0) is 32.1 Å². The highest BCUT2D eigenvalue weighted by Crippen LogP contribution is 2.41. The average molecular weight is 627 g/mol. The van der Waals surface area contributed by atoms with Crippen LogP contribution in [0.3, 0.4) is 0 Å².